The lowest BCUT2D eigenvalue weighted by Crippen LogP contribution is -2.28. The van der Waals surface area contributed by atoms with E-state index in [0.29, 0.717) is 12.0 Å². The molecule has 5 nitrogen and oxygen atoms in total. The zero-order chi connectivity index (χ0) is 15.2. The van der Waals surface area contributed by atoms with Gasteiger partial charge in [0.1, 0.15) is 5.76 Å². The van der Waals surface area contributed by atoms with Crippen molar-refractivity contribution >= 4 is 22.0 Å². The van der Waals surface area contributed by atoms with E-state index in [2.05, 4.69) is 29.0 Å². The number of aliphatic hydroxyl groups is 2. The Bertz CT molecular complexity index is 521. The summed E-state index contributed by atoms with van der Waals surface area (Å²) in [5, 5.41) is 25.4. The van der Waals surface area contributed by atoms with Crippen LogP contribution in [0, 0.1) is 0 Å². The molecule has 1 aliphatic carbocycles. The average Bonchev–Trinajstić information content (AvgIpc) is 2.92. The first kappa shape index (κ1) is 16.0. The molecule has 1 unspecified atom stereocenters. The number of thiazole rings is 1. The summed E-state index contributed by atoms with van der Waals surface area (Å²) in [6, 6.07) is 0. The molecule has 3 N–H and O–H groups in total. The highest BCUT2D eigenvalue weighted by Gasteiger charge is 2.17. The van der Waals surface area contributed by atoms with E-state index >= 15 is 0 Å². The van der Waals surface area contributed by atoms with Gasteiger partial charge in [-0.3, -0.25) is 0 Å². The maximum absolute atomic E-state index is 9.89. The van der Waals surface area contributed by atoms with Crippen LogP contribution in [-0.2, 0) is 0 Å². The number of allylic oxidation sites excluding steroid dienone is 1. The number of rotatable bonds is 7. The molecule has 116 valence electrons. The maximum Gasteiger partial charge on any atom is 0.183 e. The summed E-state index contributed by atoms with van der Waals surface area (Å²) < 4.78 is 0. The fourth-order valence-corrected chi connectivity index (χ4v) is 3.00. The second kappa shape index (κ2) is 7.59. The Kier molecular flexibility index (Phi) is 5.78. The summed E-state index contributed by atoms with van der Waals surface area (Å²) in [6.07, 6.45) is 3.21. The third-order valence-electron chi connectivity index (χ3n) is 3.57. The van der Waals surface area contributed by atoms with Crippen LogP contribution in [0.3, 0.4) is 0 Å². The molecule has 0 saturated carbocycles. The van der Waals surface area contributed by atoms with Gasteiger partial charge in [0.2, 0.25) is 0 Å². The van der Waals surface area contributed by atoms with Crippen LogP contribution < -0.4 is 5.32 Å². The third-order valence-corrected chi connectivity index (χ3v) is 4.37. The van der Waals surface area contributed by atoms with Crippen molar-refractivity contribution in [2.75, 3.05) is 31.5 Å². The lowest BCUT2D eigenvalue weighted by molar-refractivity contribution is 0.219. The number of anilines is 1. The van der Waals surface area contributed by atoms with E-state index in [1.807, 2.05) is 11.5 Å². The van der Waals surface area contributed by atoms with Gasteiger partial charge in [-0.15, -0.1) is 11.3 Å². The number of hydrogen-bond acceptors (Lipinski definition) is 6. The molecule has 1 heterocycles. The molecular formula is C15H23N3O2S. The molecule has 0 aliphatic heterocycles. The number of nitrogens with zero attached hydrogens (tertiary/aromatic N) is 2. The van der Waals surface area contributed by atoms with Crippen LogP contribution in [0.25, 0.3) is 5.57 Å². The Labute approximate surface area is 129 Å². The van der Waals surface area contributed by atoms with E-state index in [1.54, 1.807) is 0 Å². The molecule has 1 aliphatic rings. The largest absolute Gasteiger partial charge is 0.507 e. The summed E-state index contributed by atoms with van der Waals surface area (Å²) in [5.41, 5.74) is 1.46. The van der Waals surface area contributed by atoms with Crippen LogP contribution >= 0.6 is 11.3 Å². The summed E-state index contributed by atoms with van der Waals surface area (Å²) in [4.78, 5) is 6.84. The maximum atomic E-state index is 9.89. The number of nitrogens with one attached hydrogen (secondary N) is 1. The van der Waals surface area contributed by atoms with Crippen LogP contribution in [0.1, 0.15) is 26.0 Å². The zero-order valence-electron chi connectivity index (χ0n) is 12.5. The highest BCUT2D eigenvalue weighted by molar-refractivity contribution is 7.13. The lowest BCUT2D eigenvalue weighted by atomic mass is 10.0. The van der Waals surface area contributed by atoms with E-state index in [4.69, 9.17) is 0 Å². The van der Waals surface area contributed by atoms with Gasteiger partial charge >= 0.3 is 0 Å². The topological polar surface area (TPSA) is 68.6 Å². The van der Waals surface area contributed by atoms with Crippen LogP contribution in [0.15, 0.2) is 23.3 Å². The van der Waals surface area contributed by atoms with E-state index in [-0.39, 0.29) is 5.76 Å². The fourth-order valence-electron chi connectivity index (χ4n) is 2.26. The van der Waals surface area contributed by atoms with Crippen molar-refractivity contribution in [2.45, 2.75) is 26.4 Å². The van der Waals surface area contributed by atoms with Crippen LogP contribution in [0.4, 0.5) is 5.13 Å². The van der Waals surface area contributed by atoms with E-state index < -0.39 is 6.10 Å². The smallest absolute Gasteiger partial charge is 0.183 e. The summed E-state index contributed by atoms with van der Waals surface area (Å²) in [7, 11) is 0. The van der Waals surface area contributed by atoms with Crippen molar-refractivity contribution in [2.24, 2.45) is 0 Å². The number of likely N-dealkylation sites (N-methyl/N-ethyl adjacent to an activating group) is 1. The molecule has 1 aromatic rings. The Morgan fingerprint density at radius 1 is 1.43 bits per heavy atom. The van der Waals surface area contributed by atoms with Gasteiger partial charge in [0.25, 0.3) is 0 Å². The van der Waals surface area contributed by atoms with Crippen LogP contribution in [-0.4, -0.2) is 52.4 Å². The van der Waals surface area contributed by atoms with Gasteiger partial charge in [-0.25, -0.2) is 4.98 Å². The summed E-state index contributed by atoms with van der Waals surface area (Å²) in [5.74, 6) is 0.105. The summed E-state index contributed by atoms with van der Waals surface area (Å²) >= 11 is 1.53. The standard InChI is InChI=1S/C15H23N3O2S/c1-3-18(4-2)8-7-16-15-17-13(10-21-15)12-6-5-11(19)9-14(12)20/h6,9-11,19-20H,3-5,7-8H2,1-2H3,(H,16,17). The van der Waals surface area contributed by atoms with Gasteiger partial charge in [-0.1, -0.05) is 19.9 Å². The molecule has 0 amide bonds. The molecule has 1 atom stereocenters. The van der Waals surface area contributed by atoms with Gasteiger partial charge < -0.3 is 20.4 Å². The fraction of sp³-hybridized carbons (Fsp3) is 0.533. The molecule has 1 aromatic heterocycles. The minimum absolute atomic E-state index is 0.105. The van der Waals surface area contributed by atoms with Crippen LogP contribution in [0.2, 0.25) is 0 Å². The number of aromatic nitrogens is 1. The minimum Gasteiger partial charge on any atom is -0.507 e. The van der Waals surface area contributed by atoms with Crippen molar-refractivity contribution in [3.8, 4) is 0 Å². The minimum atomic E-state index is -0.598. The van der Waals surface area contributed by atoms with E-state index in [1.165, 1.54) is 17.4 Å². The Morgan fingerprint density at radius 2 is 2.19 bits per heavy atom. The first-order valence-corrected chi connectivity index (χ1v) is 8.23. The van der Waals surface area contributed by atoms with Crippen molar-refractivity contribution < 1.29 is 10.2 Å². The molecule has 0 radical (unpaired) electrons. The van der Waals surface area contributed by atoms with Gasteiger partial charge in [-0.2, -0.15) is 0 Å². The highest BCUT2D eigenvalue weighted by Crippen LogP contribution is 2.29. The van der Waals surface area contributed by atoms with Gasteiger partial charge in [0.05, 0.1) is 11.8 Å². The zero-order valence-corrected chi connectivity index (χ0v) is 13.4. The Balaban J connectivity index is 1.92. The second-order valence-corrected chi connectivity index (χ2v) is 5.82. The first-order valence-electron chi connectivity index (χ1n) is 7.35. The van der Waals surface area contributed by atoms with Crippen LogP contribution in [0.5, 0.6) is 0 Å². The lowest BCUT2D eigenvalue weighted by Gasteiger charge is -2.17. The normalized spacial score (nSPS) is 18.6. The van der Waals surface area contributed by atoms with Crippen molar-refractivity contribution in [3.63, 3.8) is 0 Å². The highest BCUT2D eigenvalue weighted by atomic mass is 32.1. The molecule has 0 saturated heterocycles. The molecule has 6 heteroatoms. The molecule has 2 rings (SSSR count). The summed E-state index contributed by atoms with van der Waals surface area (Å²) in [6.45, 7) is 8.26. The van der Waals surface area contributed by atoms with E-state index in [9.17, 15) is 10.2 Å². The average molecular weight is 309 g/mol. The first-order chi connectivity index (χ1) is 10.1. The van der Waals surface area contributed by atoms with Crippen molar-refractivity contribution in [1.29, 1.82) is 0 Å². The Hall–Kier alpha value is -1.37. The number of aliphatic hydroxyl groups excluding tert-OH is 2. The van der Waals surface area contributed by atoms with Crippen molar-refractivity contribution in [1.82, 2.24) is 9.88 Å². The molecule has 21 heavy (non-hydrogen) atoms. The van der Waals surface area contributed by atoms with E-state index in [0.717, 1.165) is 37.0 Å². The monoisotopic (exact) mass is 309 g/mol. The van der Waals surface area contributed by atoms with Crippen molar-refractivity contribution in [3.05, 3.63) is 29.0 Å². The number of hydrogen-bond donors (Lipinski definition) is 3. The van der Waals surface area contributed by atoms with Gasteiger partial charge in [0, 0.05) is 24.0 Å². The predicted molar refractivity (Wildman–Crippen MR) is 87.7 cm³/mol. The third kappa shape index (κ3) is 4.30. The molecule has 0 aromatic carbocycles. The molecular weight excluding hydrogens is 286 g/mol. The Morgan fingerprint density at radius 3 is 2.86 bits per heavy atom. The molecule has 0 bridgehead atoms. The SMILES string of the molecule is CCN(CC)CCNc1nc(C2=CCC(O)C=C2O)cs1. The quantitative estimate of drug-likeness (QED) is 0.722. The van der Waals surface area contributed by atoms with Gasteiger partial charge in [-0.05, 0) is 25.6 Å². The predicted octanol–water partition coefficient (Wildman–Crippen LogP) is 2.49. The second-order valence-electron chi connectivity index (χ2n) is 4.96. The van der Waals surface area contributed by atoms with Gasteiger partial charge in [0.15, 0.2) is 5.13 Å². The molecule has 0 spiro atoms. The molecule has 0 fully saturated rings.